The van der Waals surface area contributed by atoms with E-state index >= 15 is 0 Å². The lowest BCUT2D eigenvalue weighted by atomic mass is 9.84. The van der Waals surface area contributed by atoms with Crippen LogP contribution in [-0.2, 0) is 12.8 Å². The van der Waals surface area contributed by atoms with Gasteiger partial charge in [-0.2, -0.15) is 5.10 Å². The van der Waals surface area contributed by atoms with E-state index in [1.807, 2.05) is 0 Å². The quantitative estimate of drug-likeness (QED) is 0.884. The average Bonchev–Trinajstić information content (AvgIpc) is 2.47. The van der Waals surface area contributed by atoms with Crippen molar-refractivity contribution >= 4 is 5.95 Å². The molecule has 2 rings (SSSR count). The molecule has 0 saturated heterocycles. The van der Waals surface area contributed by atoms with Crippen molar-refractivity contribution in [3.8, 4) is 0 Å². The third-order valence-electron chi connectivity index (χ3n) is 4.20. The summed E-state index contributed by atoms with van der Waals surface area (Å²) < 4.78 is 0. The highest BCUT2D eigenvalue weighted by atomic mass is 15.2. The van der Waals surface area contributed by atoms with Crippen molar-refractivity contribution in [2.45, 2.75) is 71.8 Å². The SMILES string of the molecule is CCc1nnc(NC2CCCC(CC)C2)nc1CC. The summed E-state index contributed by atoms with van der Waals surface area (Å²) in [6.45, 7) is 6.52. The van der Waals surface area contributed by atoms with E-state index in [1.165, 1.54) is 32.1 Å². The van der Waals surface area contributed by atoms with Crippen molar-refractivity contribution in [3.05, 3.63) is 11.4 Å². The van der Waals surface area contributed by atoms with Crippen LogP contribution in [0, 0.1) is 5.92 Å². The van der Waals surface area contributed by atoms with Crippen LogP contribution in [0.4, 0.5) is 5.95 Å². The molecule has 1 saturated carbocycles. The van der Waals surface area contributed by atoms with Gasteiger partial charge in [0.05, 0.1) is 11.4 Å². The van der Waals surface area contributed by atoms with Crippen LogP contribution in [0.15, 0.2) is 0 Å². The molecule has 0 aromatic carbocycles. The van der Waals surface area contributed by atoms with Gasteiger partial charge in [0.2, 0.25) is 5.95 Å². The van der Waals surface area contributed by atoms with Crippen LogP contribution < -0.4 is 5.32 Å². The van der Waals surface area contributed by atoms with Gasteiger partial charge in [-0.15, -0.1) is 5.10 Å². The minimum atomic E-state index is 0.526. The second kappa shape index (κ2) is 6.83. The monoisotopic (exact) mass is 262 g/mol. The van der Waals surface area contributed by atoms with Gasteiger partial charge in [-0.05, 0) is 31.6 Å². The van der Waals surface area contributed by atoms with E-state index in [1.54, 1.807) is 0 Å². The van der Waals surface area contributed by atoms with Crippen LogP contribution in [0.3, 0.4) is 0 Å². The first-order valence-electron chi connectivity index (χ1n) is 7.75. The molecule has 1 aliphatic carbocycles. The zero-order valence-corrected chi connectivity index (χ0v) is 12.4. The summed E-state index contributed by atoms with van der Waals surface area (Å²) in [5.74, 6) is 1.58. The van der Waals surface area contributed by atoms with E-state index in [0.717, 1.165) is 36.1 Å². The molecule has 106 valence electrons. The van der Waals surface area contributed by atoms with Gasteiger partial charge >= 0.3 is 0 Å². The van der Waals surface area contributed by atoms with Crippen LogP contribution >= 0.6 is 0 Å². The van der Waals surface area contributed by atoms with Crippen molar-refractivity contribution in [1.82, 2.24) is 15.2 Å². The molecule has 0 bridgehead atoms. The summed E-state index contributed by atoms with van der Waals surface area (Å²) in [5.41, 5.74) is 2.12. The van der Waals surface area contributed by atoms with Crippen LogP contribution in [0.5, 0.6) is 0 Å². The Kier molecular flexibility index (Phi) is 5.11. The first kappa shape index (κ1) is 14.2. The molecular formula is C15H26N4. The van der Waals surface area contributed by atoms with Gasteiger partial charge in [-0.1, -0.05) is 40.0 Å². The third kappa shape index (κ3) is 3.64. The average molecular weight is 262 g/mol. The topological polar surface area (TPSA) is 50.7 Å². The highest BCUT2D eigenvalue weighted by molar-refractivity contribution is 5.27. The molecule has 1 aliphatic rings. The molecule has 4 nitrogen and oxygen atoms in total. The van der Waals surface area contributed by atoms with E-state index in [-0.39, 0.29) is 0 Å². The Balaban J connectivity index is 2.02. The van der Waals surface area contributed by atoms with Gasteiger partial charge in [0, 0.05) is 6.04 Å². The molecule has 2 unspecified atom stereocenters. The Morgan fingerprint density at radius 2 is 1.84 bits per heavy atom. The molecule has 4 heteroatoms. The number of hydrogen-bond acceptors (Lipinski definition) is 4. The Hall–Kier alpha value is -1.19. The fraction of sp³-hybridized carbons (Fsp3) is 0.800. The third-order valence-corrected chi connectivity index (χ3v) is 4.20. The molecule has 0 radical (unpaired) electrons. The zero-order chi connectivity index (χ0) is 13.7. The van der Waals surface area contributed by atoms with Gasteiger partial charge in [0.1, 0.15) is 0 Å². The lowest BCUT2D eigenvalue weighted by Gasteiger charge is -2.29. The molecule has 0 aliphatic heterocycles. The predicted octanol–water partition coefficient (Wildman–Crippen LogP) is 3.38. The first-order valence-corrected chi connectivity index (χ1v) is 7.75. The van der Waals surface area contributed by atoms with E-state index in [9.17, 15) is 0 Å². The number of aromatic nitrogens is 3. The number of nitrogens with zero attached hydrogens (tertiary/aromatic N) is 3. The van der Waals surface area contributed by atoms with Gasteiger partial charge in [0.15, 0.2) is 0 Å². The van der Waals surface area contributed by atoms with Crippen LogP contribution in [0.1, 0.15) is 64.3 Å². The van der Waals surface area contributed by atoms with E-state index < -0.39 is 0 Å². The normalized spacial score (nSPS) is 23.3. The van der Waals surface area contributed by atoms with Crippen LogP contribution in [0.2, 0.25) is 0 Å². The number of anilines is 1. The molecule has 19 heavy (non-hydrogen) atoms. The maximum absolute atomic E-state index is 4.62. The van der Waals surface area contributed by atoms with Gasteiger partial charge in [-0.3, -0.25) is 0 Å². The molecule has 1 aromatic rings. The summed E-state index contributed by atoms with van der Waals surface area (Å²) in [4.78, 5) is 4.62. The van der Waals surface area contributed by atoms with Crippen molar-refractivity contribution < 1.29 is 0 Å². The fourth-order valence-electron chi connectivity index (χ4n) is 2.97. The van der Waals surface area contributed by atoms with E-state index in [2.05, 4.69) is 41.3 Å². The molecule has 2 atom stereocenters. The molecule has 1 N–H and O–H groups in total. The minimum Gasteiger partial charge on any atom is -0.350 e. The molecule has 1 heterocycles. The van der Waals surface area contributed by atoms with Gasteiger partial charge in [-0.25, -0.2) is 4.98 Å². The van der Waals surface area contributed by atoms with Gasteiger partial charge in [0.25, 0.3) is 0 Å². The van der Waals surface area contributed by atoms with Crippen molar-refractivity contribution in [2.24, 2.45) is 5.92 Å². The predicted molar refractivity (Wildman–Crippen MR) is 78.2 cm³/mol. The molecule has 1 aromatic heterocycles. The maximum Gasteiger partial charge on any atom is 0.243 e. The van der Waals surface area contributed by atoms with E-state index in [4.69, 9.17) is 0 Å². The largest absolute Gasteiger partial charge is 0.350 e. The molecular weight excluding hydrogens is 236 g/mol. The minimum absolute atomic E-state index is 0.526. The number of nitrogens with one attached hydrogen (secondary N) is 1. The van der Waals surface area contributed by atoms with Gasteiger partial charge < -0.3 is 5.32 Å². The first-order chi connectivity index (χ1) is 9.26. The Labute approximate surface area is 116 Å². The number of hydrogen-bond donors (Lipinski definition) is 1. The fourth-order valence-corrected chi connectivity index (χ4v) is 2.97. The maximum atomic E-state index is 4.62. The summed E-state index contributed by atoms with van der Waals surface area (Å²) in [7, 11) is 0. The lowest BCUT2D eigenvalue weighted by Crippen LogP contribution is -2.28. The van der Waals surface area contributed by atoms with Crippen LogP contribution in [-0.4, -0.2) is 21.2 Å². The number of aryl methyl sites for hydroxylation is 2. The second-order valence-corrected chi connectivity index (χ2v) is 5.52. The Bertz CT molecular complexity index is 405. The zero-order valence-electron chi connectivity index (χ0n) is 12.4. The second-order valence-electron chi connectivity index (χ2n) is 5.52. The molecule has 0 spiro atoms. The lowest BCUT2D eigenvalue weighted by molar-refractivity contribution is 0.326. The van der Waals surface area contributed by atoms with Crippen molar-refractivity contribution in [2.75, 3.05) is 5.32 Å². The number of rotatable bonds is 5. The summed E-state index contributed by atoms with van der Waals surface area (Å²) in [6, 6.07) is 0.526. The Morgan fingerprint density at radius 1 is 1.05 bits per heavy atom. The standard InChI is InChI=1S/C15H26N4/c1-4-11-8-7-9-12(10-11)16-15-17-13(5-2)14(6-3)18-19-15/h11-12H,4-10H2,1-3H3,(H,16,17,19). The Morgan fingerprint density at radius 3 is 2.53 bits per heavy atom. The van der Waals surface area contributed by atoms with Crippen molar-refractivity contribution in [1.29, 1.82) is 0 Å². The summed E-state index contributed by atoms with van der Waals surface area (Å²) >= 11 is 0. The summed E-state index contributed by atoms with van der Waals surface area (Å²) in [5, 5.41) is 12.0. The summed E-state index contributed by atoms with van der Waals surface area (Å²) in [6.07, 6.45) is 8.29. The smallest absolute Gasteiger partial charge is 0.243 e. The van der Waals surface area contributed by atoms with E-state index in [0.29, 0.717) is 6.04 Å². The highest BCUT2D eigenvalue weighted by Gasteiger charge is 2.21. The highest BCUT2D eigenvalue weighted by Crippen LogP contribution is 2.28. The molecule has 1 fully saturated rings. The van der Waals surface area contributed by atoms with Crippen molar-refractivity contribution in [3.63, 3.8) is 0 Å². The van der Waals surface area contributed by atoms with Crippen LogP contribution in [0.25, 0.3) is 0 Å². The molecule has 0 amide bonds.